The highest BCUT2D eigenvalue weighted by Crippen LogP contribution is 2.34. The number of benzene rings is 2. The quantitative estimate of drug-likeness (QED) is 0.264. The van der Waals surface area contributed by atoms with Gasteiger partial charge in [0.25, 0.3) is 5.91 Å². The maximum atomic E-state index is 13.6. The molecule has 1 unspecified atom stereocenters. The molecule has 0 fully saturated rings. The molecule has 0 aliphatic carbocycles. The number of rotatable bonds is 7. The molecule has 0 radical (unpaired) electrons. The largest absolute Gasteiger partial charge is 0.378 e. The molecule has 2 aromatic carbocycles. The Morgan fingerprint density at radius 1 is 1.20 bits per heavy atom. The number of aryl methyl sites for hydroxylation is 1. The van der Waals surface area contributed by atoms with Crippen LogP contribution in [0.4, 0.5) is 20.3 Å². The number of aromatic nitrogens is 4. The number of aliphatic hydroxyl groups excluding tert-OH is 1. The van der Waals surface area contributed by atoms with Gasteiger partial charge in [0.2, 0.25) is 0 Å². The second-order valence-corrected chi connectivity index (χ2v) is 9.51. The van der Waals surface area contributed by atoms with Crippen molar-refractivity contribution in [2.45, 2.75) is 19.4 Å². The molecule has 0 bridgehead atoms. The number of ether oxygens (including phenoxy) is 1. The summed E-state index contributed by atoms with van der Waals surface area (Å²) in [6.45, 7) is 2.91. The van der Waals surface area contributed by atoms with E-state index in [-0.39, 0.29) is 5.56 Å². The van der Waals surface area contributed by atoms with Crippen molar-refractivity contribution in [2.24, 2.45) is 4.99 Å². The molecule has 2 aromatic heterocycles. The van der Waals surface area contributed by atoms with E-state index < -0.39 is 23.6 Å². The summed E-state index contributed by atoms with van der Waals surface area (Å²) >= 11 is 0. The number of halogens is 2. The van der Waals surface area contributed by atoms with Gasteiger partial charge < -0.3 is 20.1 Å². The molecule has 2 N–H and O–H groups in total. The van der Waals surface area contributed by atoms with E-state index in [2.05, 4.69) is 20.3 Å². The van der Waals surface area contributed by atoms with Crippen molar-refractivity contribution in [3.05, 3.63) is 77.3 Å². The maximum absolute atomic E-state index is 13.6. The van der Waals surface area contributed by atoms with E-state index in [0.717, 1.165) is 23.3 Å². The van der Waals surface area contributed by atoms with E-state index in [0.29, 0.717) is 59.6 Å². The number of fused-ring (bicyclic) bond motifs is 1. The minimum atomic E-state index is -1.76. The fraction of sp³-hybridized carbons (Fsp3) is 0.250. The fourth-order valence-electron chi connectivity index (χ4n) is 4.40. The van der Waals surface area contributed by atoms with E-state index >= 15 is 0 Å². The highest BCUT2D eigenvalue weighted by atomic mass is 19.1. The Morgan fingerprint density at radius 2 is 1.98 bits per heavy atom. The molecule has 206 valence electrons. The summed E-state index contributed by atoms with van der Waals surface area (Å²) in [7, 11) is 3.71. The van der Waals surface area contributed by atoms with Crippen LogP contribution in [0.25, 0.3) is 22.3 Å². The van der Waals surface area contributed by atoms with Crippen LogP contribution in [-0.4, -0.2) is 69.3 Å². The first-order valence-electron chi connectivity index (χ1n) is 12.5. The van der Waals surface area contributed by atoms with Gasteiger partial charge >= 0.3 is 0 Å². The summed E-state index contributed by atoms with van der Waals surface area (Å²) in [5.41, 5.74) is 4.63. The topological polar surface area (TPSA) is 118 Å². The summed E-state index contributed by atoms with van der Waals surface area (Å²) in [6.07, 6.45) is 4.02. The summed E-state index contributed by atoms with van der Waals surface area (Å²) in [5.74, 6) is -2.17. The minimum Gasteiger partial charge on any atom is -0.378 e. The van der Waals surface area contributed by atoms with Crippen molar-refractivity contribution in [2.75, 3.05) is 32.6 Å². The lowest BCUT2D eigenvalue weighted by molar-refractivity contribution is -0.124. The van der Waals surface area contributed by atoms with Crippen molar-refractivity contribution in [1.82, 2.24) is 24.6 Å². The van der Waals surface area contributed by atoms with Gasteiger partial charge in [-0.3, -0.25) is 4.79 Å². The van der Waals surface area contributed by atoms with Crippen molar-refractivity contribution < 1.29 is 23.4 Å². The van der Waals surface area contributed by atoms with Crippen LogP contribution < -0.4 is 5.32 Å². The van der Waals surface area contributed by atoms with Crippen LogP contribution in [0.5, 0.6) is 0 Å². The number of aliphatic hydroxyl groups is 1. The lowest BCUT2D eigenvalue weighted by Crippen LogP contribution is -2.21. The van der Waals surface area contributed by atoms with Crippen molar-refractivity contribution in [1.29, 1.82) is 0 Å². The molecular formula is C28H27F2N7O3. The lowest BCUT2D eigenvalue weighted by Gasteiger charge is -2.14. The Labute approximate surface area is 228 Å². The van der Waals surface area contributed by atoms with Gasteiger partial charge in [-0.2, -0.15) is 5.10 Å². The van der Waals surface area contributed by atoms with Crippen LogP contribution in [0.3, 0.4) is 0 Å². The second kappa shape index (κ2) is 11.3. The molecule has 0 saturated carbocycles. The summed E-state index contributed by atoms with van der Waals surface area (Å²) in [5, 5.41) is 17.9. The molecular weight excluding hydrogens is 520 g/mol. The standard InChI is InChI=1S/C28H27F2N7O3/c1-16-10-21(34-28(39)26(38)18-11-19(29)13-20(30)12-18)4-5-22(16)37-25-24(23(35-37)17-6-8-40-9-7-17)31-14-32-27(25)33-15-36(2)3/h4-6,10-15,26,38H,7-9H2,1-3H3,(H,34,39). The van der Waals surface area contributed by atoms with E-state index in [1.807, 2.05) is 27.1 Å². The van der Waals surface area contributed by atoms with Gasteiger partial charge in [0.05, 0.1) is 25.2 Å². The number of hydrogen-bond acceptors (Lipinski definition) is 7. The zero-order valence-corrected chi connectivity index (χ0v) is 22.1. The van der Waals surface area contributed by atoms with Crippen LogP contribution in [0.1, 0.15) is 29.3 Å². The Morgan fingerprint density at radius 3 is 2.65 bits per heavy atom. The van der Waals surface area contributed by atoms with Crippen LogP contribution in [0.15, 0.2) is 53.8 Å². The zero-order valence-electron chi connectivity index (χ0n) is 22.1. The number of carbonyl (C=O) groups excluding carboxylic acids is 1. The minimum absolute atomic E-state index is 0.188. The van der Waals surface area contributed by atoms with Crippen LogP contribution in [0, 0.1) is 18.6 Å². The summed E-state index contributed by atoms with van der Waals surface area (Å²) in [4.78, 5) is 27.9. The van der Waals surface area contributed by atoms with E-state index in [9.17, 15) is 18.7 Å². The number of carbonyl (C=O) groups is 1. The van der Waals surface area contributed by atoms with Gasteiger partial charge in [-0.15, -0.1) is 0 Å². The molecule has 1 aliphatic rings. The number of hydrogen-bond donors (Lipinski definition) is 2. The maximum Gasteiger partial charge on any atom is 0.257 e. The monoisotopic (exact) mass is 547 g/mol. The zero-order chi connectivity index (χ0) is 28.4. The Balaban J connectivity index is 1.52. The molecule has 0 saturated heterocycles. The number of nitrogens with zero attached hydrogens (tertiary/aromatic N) is 6. The van der Waals surface area contributed by atoms with Crippen molar-refractivity contribution in [3.63, 3.8) is 0 Å². The van der Waals surface area contributed by atoms with Gasteiger partial charge in [-0.25, -0.2) is 28.4 Å². The smallest absolute Gasteiger partial charge is 0.257 e. The van der Waals surface area contributed by atoms with E-state index in [1.165, 1.54) is 6.33 Å². The predicted octanol–water partition coefficient (Wildman–Crippen LogP) is 4.10. The molecule has 12 heteroatoms. The van der Waals surface area contributed by atoms with Gasteiger partial charge in [0, 0.05) is 25.8 Å². The van der Waals surface area contributed by atoms with Crippen molar-refractivity contribution >= 4 is 40.4 Å². The first-order valence-corrected chi connectivity index (χ1v) is 12.5. The van der Waals surface area contributed by atoms with Crippen LogP contribution >= 0.6 is 0 Å². The second-order valence-electron chi connectivity index (χ2n) is 9.51. The molecule has 10 nitrogen and oxygen atoms in total. The Hall–Kier alpha value is -4.55. The average Bonchev–Trinajstić information content (AvgIpc) is 3.31. The number of anilines is 1. The highest BCUT2D eigenvalue weighted by molar-refractivity contribution is 5.96. The van der Waals surface area contributed by atoms with Gasteiger partial charge in [-0.1, -0.05) is 6.08 Å². The normalized spacial score (nSPS) is 14.4. The van der Waals surface area contributed by atoms with Crippen molar-refractivity contribution in [3.8, 4) is 5.69 Å². The molecule has 1 aliphatic heterocycles. The first kappa shape index (κ1) is 27.0. The Kier molecular flexibility index (Phi) is 7.63. The van der Waals surface area contributed by atoms with E-state index in [4.69, 9.17) is 9.84 Å². The average molecular weight is 548 g/mol. The van der Waals surface area contributed by atoms with Gasteiger partial charge in [0.15, 0.2) is 11.9 Å². The number of nitrogens with one attached hydrogen (secondary N) is 1. The lowest BCUT2D eigenvalue weighted by atomic mass is 10.1. The third-order valence-corrected chi connectivity index (χ3v) is 6.26. The van der Waals surface area contributed by atoms with E-state index in [1.54, 1.807) is 34.1 Å². The SMILES string of the molecule is Cc1cc(NC(=O)C(O)c2cc(F)cc(F)c2)ccc1-n1nc(C2=CCOCC2)c2ncnc(N=CN(C)C)c21. The molecule has 3 heterocycles. The highest BCUT2D eigenvalue weighted by Gasteiger charge is 2.23. The third kappa shape index (κ3) is 5.58. The fourth-order valence-corrected chi connectivity index (χ4v) is 4.40. The first-order chi connectivity index (χ1) is 19.2. The molecule has 4 aromatic rings. The third-order valence-electron chi connectivity index (χ3n) is 6.26. The summed E-state index contributed by atoms with van der Waals surface area (Å²) in [6, 6.07) is 7.61. The number of aliphatic imine (C=N–C) groups is 1. The summed E-state index contributed by atoms with van der Waals surface area (Å²) < 4.78 is 34.3. The number of amides is 1. The van der Waals surface area contributed by atoms with Gasteiger partial charge in [-0.05, 0) is 60.4 Å². The predicted molar refractivity (Wildman–Crippen MR) is 147 cm³/mol. The Bertz CT molecular complexity index is 1630. The molecule has 5 rings (SSSR count). The van der Waals surface area contributed by atoms with Gasteiger partial charge in [0.1, 0.15) is 34.7 Å². The molecule has 1 amide bonds. The van der Waals surface area contributed by atoms with Crippen LogP contribution in [-0.2, 0) is 9.53 Å². The van der Waals surface area contributed by atoms with Crippen LogP contribution in [0.2, 0.25) is 0 Å². The molecule has 0 spiro atoms. The molecule has 1 atom stereocenters. The molecule has 40 heavy (non-hydrogen) atoms.